The van der Waals surface area contributed by atoms with Crippen molar-refractivity contribution in [2.45, 2.75) is 0 Å². The molecule has 0 spiro atoms. The lowest BCUT2D eigenvalue weighted by molar-refractivity contribution is 0.625. The van der Waals surface area contributed by atoms with E-state index in [1.807, 2.05) is 0 Å². The van der Waals surface area contributed by atoms with Crippen molar-refractivity contribution in [2.75, 3.05) is 5.73 Å². The fourth-order valence-corrected chi connectivity index (χ4v) is 2.08. The van der Waals surface area contributed by atoms with Gasteiger partial charge in [-0.1, -0.05) is 27.5 Å². The van der Waals surface area contributed by atoms with Gasteiger partial charge in [0.2, 0.25) is 0 Å². The number of rotatable bonds is 1. The molecule has 0 unspecified atom stereocenters. The summed E-state index contributed by atoms with van der Waals surface area (Å²) < 4.78 is 27.6. The van der Waals surface area contributed by atoms with Gasteiger partial charge in [-0.15, -0.1) is 0 Å². The predicted octanol–water partition coefficient (Wildman–Crippen LogP) is 4.63. The van der Waals surface area contributed by atoms with Crippen LogP contribution in [0.25, 0.3) is 11.1 Å². The van der Waals surface area contributed by atoms with E-state index in [1.54, 1.807) is 6.07 Å². The smallest absolute Gasteiger partial charge is 0.131 e. The molecule has 0 atom stereocenters. The van der Waals surface area contributed by atoms with E-state index < -0.39 is 11.6 Å². The van der Waals surface area contributed by atoms with Crippen molar-refractivity contribution in [3.05, 3.63) is 51.5 Å². The molecule has 0 aromatic heterocycles. The highest BCUT2D eigenvalue weighted by molar-refractivity contribution is 9.10. The summed E-state index contributed by atoms with van der Waals surface area (Å²) in [6.45, 7) is 0. The highest BCUT2D eigenvalue weighted by Gasteiger charge is 2.13. The summed E-state index contributed by atoms with van der Waals surface area (Å²) >= 11 is 8.98. The lowest BCUT2D eigenvalue weighted by Gasteiger charge is -2.09. The lowest BCUT2D eigenvalue weighted by Crippen LogP contribution is -1.95. The minimum absolute atomic E-state index is 0.0689. The highest BCUT2D eigenvalue weighted by Crippen LogP contribution is 2.35. The summed E-state index contributed by atoms with van der Waals surface area (Å²) in [5.41, 5.74) is 6.33. The SMILES string of the molecule is Nc1c(Cl)cc(F)cc1-c1cc(Br)ccc1F. The molecule has 0 saturated carbocycles. The second-order valence-electron chi connectivity index (χ2n) is 3.47. The molecule has 0 radical (unpaired) electrons. The van der Waals surface area contributed by atoms with Gasteiger partial charge in [0.25, 0.3) is 0 Å². The number of hydrogen-bond acceptors (Lipinski definition) is 1. The van der Waals surface area contributed by atoms with Crippen LogP contribution in [0.15, 0.2) is 34.8 Å². The van der Waals surface area contributed by atoms with Gasteiger partial charge >= 0.3 is 0 Å². The first-order valence-electron chi connectivity index (χ1n) is 4.69. The summed E-state index contributed by atoms with van der Waals surface area (Å²) in [6, 6.07) is 6.60. The first-order valence-corrected chi connectivity index (χ1v) is 5.86. The minimum atomic E-state index is -0.557. The van der Waals surface area contributed by atoms with Crippen molar-refractivity contribution in [3.8, 4) is 11.1 Å². The number of anilines is 1. The van der Waals surface area contributed by atoms with Gasteiger partial charge in [-0.3, -0.25) is 0 Å². The largest absolute Gasteiger partial charge is 0.397 e. The van der Waals surface area contributed by atoms with Gasteiger partial charge in [0, 0.05) is 15.6 Å². The molecule has 2 rings (SSSR count). The zero-order chi connectivity index (χ0) is 12.6. The van der Waals surface area contributed by atoms with E-state index in [2.05, 4.69) is 15.9 Å². The average Bonchev–Trinajstić information content (AvgIpc) is 2.27. The van der Waals surface area contributed by atoms with E-state index in [0.29, 0.717) is 4.47 Å². The van der Waals surface area contributed by atoms with Crippen molar-refractivity contribution < 1.29 is 8.78 Å². The quantitative estimate of drug-likeness (QED) is 0.762. The van der Waals surface area contributed by atoms with E-state index in [4.69, 9.17) is 17.3 Å². The van der Waals surface area contributed by atoms with Crippen LogP contribution < -0.4 is 5.73 Å². The van der Waals surface area contributed by atoms with Gasteiger partial charge in [-0.25, -0.2) is 8.78 Å². The van der Waals surface area contributed by atoms with E-state index in [9.17, 15) is 8.78 Å². The molecule has 2 aromatic rings. The van der Waals surface area contributed by atoms with Gasteiger partial charge in [0.05, 0.1) is 10.7 Å². The van der Waals surface area contributed by atoms with Crippen LogP contribution in [-0.4, -0.2) is 0 Å². The Bertz CT molecular complexity index is 587. The summed E-state index contributed by atoms with van der Waals surface area (Å²) in [5, 5.41) is 0.0689. The molecule has 1 nitrogen and oxygen atoms in total. The Morgan fingerprint density at radius 2 is 1.76 bits per heavy atom. The summed E-state index contributed by atoms with van der Waals surface area (Å²) in [5.74, 6) is -1.04. The van der Waals surface area contributed by atoms with Gasteiger partial charge in [-0.2, -0.15) is 0 Å². The molecular formula is C12H7BrClF2N. The van der Waals surface area contributed by atoms with Crippen LogP contribution in [0.3, 0.4) is 0 Å². The van der Waals surface area contributed by atoms with Crippen LogP contribution in [0.2, 0.25) is 5.02 Å². The fourth-order valence-electron chi connectivity index (χ4n) is 1.51. The van der Waals surface area contributed by atoms with Gasteiger partial charge in [-0.05, 0) is 30.3 Å². The normalized spacial score (nSPS) is 10.6. The van der Waals surface area contributed by atoms with Crippen LogP contribution in [0.4, 0.5) is 14.5 Å². The summed E-state index contributed by atoms with van der Waals surface area (Å²) in [4.78, 5) is 0. The van der Waals surface area contributed by atoms with Crippen LogP contribution in [-0.2, 0) is 0 Å². The second-order valence-corrected chi connectivity index (χ2v) is 4.80. The molecule has 2 N–H and O–H groups in total. The zero-order valence-corrected chi connectivity index (χ0v) is 10.8. The number of nitrogen functional groups attached to an aromatic ring is 1. The Morgan fingerprint density at radius 1 is 1.06 bits per heavy atom. The van der Waals surface area contributed by atoms with Crippen LogP contribution in [0.5, 0.6) is 0 Å². The molecule has 0 amide bonds. The molecule has 2 aromatic carbocycles. The van der Waals surface area contributed by atoms with Crippen molar-refractivity contribution in [1.29, 1.82) is 0 Å². The zero-order valence-electron chi connectivity index (χ0n) is 8.48. The Balaban J connectivity index is 2.72. The Labute approximate surface area is 110 Å². The standard InChI is InChI=1S/C12H7BrClF2N/c13-6-1-2-11(16)8(3-6)9-4-7(15)5-10(14)12(9)17/h1-5H,17H2. The number of halogens is 4. The monoisotopic (exact) mass is 317 g/mol. The molecule has 0 aliphatic carbocycles. The van der Waals surface area contributed by atoms with Crippen LogP contribution in [0.1, 0.15) is 0 Å². The van der Waals surface area contributed by atoms with Crippen molar-refractivity contribution >= 4 is 33.2 Å². The second kappa shape index (κ2) is 4.63. The topological polar surface area (TPSA) is 26.0 Å². The van der Waals surface area contributed by atoms with Crippen molar-refractivity contribution in [1.82, 2.24) is 0 Å². The molecule has 0 bridgehead atoms. The third-order valence-electron chi connectivity index (χ3n) is 2.31. The Kier molecular flexibility index (Phi) is 3.35. The van der Waals surface area contributed by atoms with Crippen LogP contribution >= 0.6 is 27.5 Å². The molecule has 17 heavy (non-hydrogen) atoms. The molecule has 0 fully saturated rings. The predicted molar refractivity (Wildman–Crippen MR) is 68.9 cm³/mol. The molecule has 5 heteroatoms. The fraction of sp³-hybridized carbons (Fsp3) is 0. The maximum absolute atomic E-state index is 13.7. The molecule has 0 aliphatic rings. The van der Waals surface area contributed by atoms with E-state index in [0.717, 1.165) is 12.1 Å². The number of benzene rings is 2. The van der Waals surface area contributed by atoms with Crippen LogP contribution in [0, 0.1) is 11.6 Å². The molecule has 0 aliphatic heterocycles. The maximum atomic E-state index is 13.7. The highest BCUT2D eigenvalue weighted by atomic mass is 79.9. The van der Waals surface area contributed by atoms with Gasteiger partial charge in [0.1, 0.15) is 11.6 Å². The third kappa shape index (κ3) is 2.42. The average molecular weight is 319 g/mol. The van der Waals surface area contributed by atoms with Gasteiger partial charge < -0.3 is 5.73 Å². The first kappa shape index (κ1) is 12.3. The molecule has 0 heterocycles. The molecular weight excluding hydrogens is 311 g/mol. The third-order valence-corrected chi connectivity index (χ3v) is 3.12. The van der Waals surface area contributed by atoms with E-state index in [-0.39, 0.29) is 21.8 Å². The molecule has 88 valence electrons. The first-order chi connectivity index (χ1) is 7.99. The summed E-state index contributed by atoms with van der Waals surface area (Å²) in [6.07, 6.45) is 0. The molecule has 0 saturated heterocycles. The lowest BCUT2D eigenvalue weighted by atomic mass is 10.0. The van der Waals surface area contributed by atoms with E-state index in [1.165, 1.54) is 12.1 Å². The minimum Gasteiger partial charge on any atom is -0.397 e. The van der Waals surface area contributed by atoms with Crippen molar-refractivity contribution in [3.63, 3.8) is 0 Å². The number of nitrogens with two attached hydrogens (primary N) is 1. The summed E-state index contributed by atoms with van der Waals surface area (Å²) in [7, 11) is 0. The van der Waals surface area contributed by atoms with Crippen molar-refractivity contribution in [2.24, 2.45) is 0 Å². The number of hydrogen-bond donors (Lipinski definition) is 1. The maximum Gasteiger partial charge on any atom is 0.131 e. The Morgan fingerprint density at radius 3 is 2.47 bits per heavy atom. The van der Waals surface area contributed by atoms with Gasteiger partial charge in [0.15, 0.2) is 0 Å². The Hall–Kier alpha value is -1.13. The van der Waals surface area contributed by atoms with E-state index >= 15 is 0 Å².